The third-order valence-electron chi connectivity index (χ3n) is 4.72. The van der Waals surface area contributed by atoms with Crippen LogP contribution in [0.2, 0.25) is 0 Å². The lowest BCUT2D eigenvalue weighted by atomic mass is 10.0. The van der Waals surface area contributed by atoms with Crippen LogP contribution in [0.1, 0.15) is 29.2 Å². The summed E-state index contributed by atoms with van der Waals surface area (Å²) in [6, 6.07) is 11.4. The van der Waals surface area contributed by atoms with E-state index in [4.69, 9.17) is 4.74 Å². The van der Waals surface area contributed by atoms with E-state index in [1.165, 1.54) is 0 Å². The molecule has 2 aromatic heterocycles. The minimum absolute atomic E-state index is 0.0155. The van der Waals surface area contributed by atoms with E-state index in [1.54, 1.807) is 24.5 Å². The first-order valence-corrected chi connectivity index (χ1v) is 9.64. The molecule has 3 aromatic rings. The fraction of sp³-hybridized carbons (Fsp3) is 0.250. The number of carbonyl (C=O) groups is 1. The molecule has 0 saturated carbocycles. The number of amides is 1. The number of halogens is 1. The highest BCUT2D eigenvalue weighted by Gasteiger charge is 2.24. The van der Waals surface area contributed by atoms with Gasteiger partial charge >= 0.3 is 0 Å². The van der Waals surface area contributed by atoms with E-state index in [0.29, 0.717) is 23.2 Å². The van der Waals surface area contributed by atoms with Crippen molar-refractivity contribution in [1.29, 1.82) is 0 Å². The topological polar surface area (TPSA) is 60.2 Å². The van der Waals surface area contributed by atoms with Crippen molar-refractivity contribution in [3.63, 3.8) is 0 Å². The molecule has 7 heteroatoms. The summed E-state index contributed by atoms with van der Waals surface area (Å²) in [6.45, 7) is 1.47. The van der Waals surface area contributed by atoms with E-state index in [9.17, 15) is 4.79 Å². The molecule has 0 bridgehead atoms. The third-order valence-corrected chi connectivity index (χ3v) is 5.25. The molecule has 1 aliphatic heterocycles. The smallest absolute Gasteiger partial charge is 0.255 e. The highest BCUT2D eigenvalue weighted by Crippen LogP contribution is 2.24. The van der Waals surface area contributed by atoms with Gasteiger partial charge in [-0.2, -0.15) is 0 Å². The van der Waals surface area contributed by atoms with Gasteiger partial charge in [-0.25, -0.2) is 9.97 Å². The molecule has 6 nitrogen and oxygen atoms in total. The van der Waals surface area contributed by atoms with Crippen LogP contribution < -0.4 is 4.74 Å². The molecule has 0 aliphatic carbocycles. The molecule has 1 aliphatic rings. The average molecular weight is 427 g/mol. The lowest BCUT2D eigenvalue weighted by Gasteiger charge is -2.32. The predicted octanol–water partition coefficient (Wildman–Crippen LogP) is 4.31. The van der Waals surface area contributed by atoms with Gasteiger partial charge in [0.15, 0.2) is 0 Å². The summed E-state index contributed by atoms with van der Waals surface area (Å²) >= 11 is 3.39. The fourth-order valence-corrected chi connectivity index (χ4v) is 3.49. The maximum Gasteiger partial charge on any atom is 0.255 e. The van der Waals surface area contributed by atoms with Gasteiger partial charge in [0.2, 0.25) is 5.88 Å². The number of imidazole rings is 1. The summed E-state index contributed by atoms with van der Waals surface area (Å²) in [6.07, 6.45) is 9.06. The SMILES string of the molecule is O=C(c1ccc(Oc2ccc(Br)cc2)nc1)N1CCC(n2ccnc2)CC1. The normalized spacial score (nSPS) is 14.9. The number of pyridine rings is 1. The van der Waals surface area contributed by atoms with Crippen molar-refractivity contribution in [3.05, 3.63) is 71.4 Å². The number of benzene rings is 1. The molecule has 1 aromatic carbocycles. The zero-order valence-electron chi connectivity index (χ0n) is 14.7. The zero-order chi connectivity index (χ0) is 18.6. The number of hydrogen-bond acceptors (Lipinski definition) is 4. The summed E-state index contributed by atoms with van der Waals surface area (Å²) in [4.78, 5) is 23.0. The van der Waals surface area contributed by atoms with E-state index in [2.05, 4.69) is 30.5 Å². The summed E-state index contributed by atoms with van der Waals surface area (Å²) in [5.41, 5.74) is 0.583. The molecule has 3 heterocycles. The third kappa shape index (κ3) is 4.19. The number of carbonyl (C=O) groups excluding carboxylic acids is 1. The van der Waals surface area contributed by atoms with Crippen LogP contribution in [-0.2, 0) is 0 Å². The number of piperidine rings is 1. The van der Waals surface area contributed by atoms with Crippen molar-refractivity contribution in [1.82, 2.24) is 19.4 Å². The van der Waals surface area contributed by atoms with Gasteiger partial charge in [0.05, 0.1) is 11.9 Å². The van der Waals surface area contributed by atoms with E-state index < -0.39 is 0 Å². The molecular weight excluding hydrogens is 408 g/mol. The molecule has 0 spiro atoms. The minimum atomic E-state index is 0.0155. The van der Waals surface area contributed by atoms with Crippen molar-refractivity contribution in [2.45, 2.75) is 18.9 Å². The Balaban J connectivity index is 1.36. The number of ether oxygens (including phenoxy) is 1. The number of rotatable bonds is 4. The maximum absolute atomic E-state index is 12.7. The Bertz CT molecular complexity index is 887. The molecular formula is C20H19BrN4O2. The Morgan fingerprint density at radius 3 is 2.52 bits per heavy atom. The Morgan fingerprint density at radius 2 is 1.89 bits per heavy atom. The number of likely N-dealkylation sites (tertiary alicyclic amines) is 1. The summed E-state index contributed by atoms with van der Waals surface area (Å²) in [5, 5.41) is 0. The molecule has 0 unspecified atom stereocenters. The van der Waals surface area contributed by atoms with Crippen LogP contribution in [0.4, 0.5) is 0 Å². The van der Waals surface area contributed by atoms with Crippen molar-refractivity contribution in [2.75, 3.05) is 13.1 Å². The van der Waals surface area contributed by atoms with E-state index in [1.807, 2.05) is 41.7 Å². The second-order valence-electron chi connectivity index (χ2n) is 6.47. The van der Waals surface area contributed by atoms with Crippen molar-refractivity contribution < 1.29 is 9.53 Å². The van der Waals surface area contributed by atoms with Crippen LogP contribution in [0.3, 0.4) is 0 Å². The van der Waals surface area contributed by atoms with Crippen LogP contribution in [0.5, 0.6) is 11.6 Å². The lowest BCUT2D eigenvalue weighted by Crippen LogP contribution is -2.38. The summed E-state index contributed by atoms with van der Waals surface area (Å²) < 4.78 is 8.81. The van der Waals surface area contributed by atoms with E-state index >= 15 is 0 Å². The fourth-order valence-electron chi connectivity index (χ4n) is 3.23. The first-order valence-electron chi connectivity index (χ1n) is 8.85. The Hall–Kier alpha value is -2.67. The second-order valence-corrected chi connectivity index (χ2v) is 7.39. The highest BCUT2D eigenvalue weighted by molar-refractivity contribution is 9.10. The number of aromatic nitrogens is 3. The van der Waals surface area contributed by atoms with Crippen LogP contribution in [0, 0.1) is 0 Å². The van der Waals surface area contributed by atoms with Crippen LogP contribution in [-0.4, -0.2) is 38.4 Å². The van der Waals surface area contributed by atoms with Crippen molar-refractivity contribution in [2.24, 2.45) is 0 Å². The van der Waals surface area contributed by atoms with Gasteiger partial charge < -0.3 is 14.2 Å². The van der Waals surface area contributed by atoms with Gasteiger partial charge in [0, 0.05) is 48.3 Å². The standard InChI is InChI=1S/C20H19BrN4O2/c21-16-2-4-18(5-3-16)27-19-6-1-15(13-23-19)20(26)24-10-7-17(8-11-24)25-12-9-22-14-25/h1-6,9,12-14,17H,7-8,10-11H2. The van der Waals surface area contributed by atoms with E-state index in [0.717, 1.165) is 30.4 Å². The first-order chi connectivity index (χ1) is 13.2. The van der Waals surface area contributed by atoms with E-state index in [-0.39, 0.29) is 5.91 Å². The molecule has 0 radical (unpaired) electrons. The molecule has 0 atom stereocenters. The van der Waals surface area contributed by atoms with Gasteiger partial charge in [-0.3, -0.25) is 4.79 Å². The summed E-state index contributed by atoms with van der Waals surface area (Å²) in [7, 11) is 0. The Morgan fingerprint density at radius 1 is 1.11 bits per heavy atom. The summed E-state index contributed by atoms with van der Waals surface area (Å²) in [5.74, 6) is 1.18. The first kappa shape index (κ1) is 17.7. The highest BCUT2D eigenvalue weighted by atomic mass is 79.9. The average Bonchev–Trinajstić information content (AvgIpc) is 3.25. The minimum Gasteiger partial charge on any atom is -0.439 e. The van der Waals surface area contributed by atoms with Crippen molar-refractivity contribution in [3.8, 4) is 11.6 Å². The molecule has 4 rings (SSSR count). The van der Waals surface area contributed by atoms with Crippen LogP contribution in [0.25, 0.3) is 0 Å². The molecule has 0 N–H and O–H groups in total. The van der Waals surface area contributed by atoms with Gasteiger partial charge in [-0.1, -0.05) is 15.9 Å². The Kier molecular flexibility index (Phi) is 5.20. The quantitative estimate of drug-likeness (QED) is 0.623. The molecule has 1 amide bonds. The lowest BCUT2D eigenvalue weighted by molar-refractivity contribution is 0.0694. The van der Waals surface area contributed by atoms with Gasteiger partial charge in [0.1, 0.15) is 5.75 Å². The maximum atomic E-state index is 12.7. The zero-order valence-corrected chi connectivity index (χ0v) is 16.2. The second kappa shape index (κ2) is 7.92. The van der Waals surface area contributed by atoms with Crippen LogP contribution in [0.15, 0.2) is 65.8 Å². The molecule has 27 heavy (non-hydrogen) atoms. The Labute approximate surface area is 165 Å². The predicted molar refractivity (Wildman–Crippen MR) is 105 cm³/mol. The van der Waals surface area contributed by atoms with Gasteiger partial charge in [-0.15, -0.1) is 0 Å². The largest absolute Gasteiger partial charge is 0.439 e. The molecule has 1 fully saturated rings. The van der Waals surface area contributed by atoms with Crippen LogP contribution >= 0.6 is 15.9 Å². The monoisotopic (exact) mass is 426 g/mol. The van der Waals surface area contributed by atoms with Gasteiger partial charge in [0.25, 0.3) is 5.91 Å². The molecule has 1 saturated heterocycles. The number of nitrogens with zero attached hydrogens (tertiary/aromatic N) is 4. The van der Waals surface area contributed by atoms with Gasteiger partial charge in [-0.05, 0) is 43.2 Å². The molecule has 138 valence electrons. The van der Waals surface area contributed by atoms with Crippen molar-refractivity contribution >= 4 is 21.8 Å². The number of hydrogen-bond donors (Lipinski definition) is 0.